The number of halogens is 1. The van der Waals surface area contributed by atoms with Gasteiger partial charge in [0, 0.05) is 4.83 Å². The Morgan fingerprint density at radius 1 is 1.00 bits per heavy atom. The van der Waals surface area contributed by atoms with E-state index in [9.17, 15) is 0 Å². The minimum absolute atomic E-state index is 0.496. The van der Waals surface area contributed by atoms with Crippen molar-refractivity contribution in [2.75, 3.05) is 0 Å². The van der Waals surface area contributed by atoms with Crippen molar-refractivity contribution in [1.29, 1.82) is 0 Å². The zero-order chi connectivity index (χ0) is 10.8. The van der Waals surface area contributed by atoms with Crippen LogP contribution in [0, 0.1) is 11.8 Å². The topological polar surface area (TPSA) is 9.23 Å². The van der Waals surface area contributed by atoms with E-state index in [0.717, 1.165) is 11.8 Å². The molecule has 0 aromatic rings. The molecule has 0 radical (unpaired) electrons. The SMILES string of the molecule is CC1CCC(OC2CCCC2Br)CC1C. The molecule has 0 amide bonds. The molecular formula is C13H23BrO. The summed E-state index contributed by atoms with van der Waals surface area (Å²) < 4.78 is 6.24. The number of rotatable bonds is 2. The zero-order valence-corrected chi connectivity index (χ0v) is 11.5. The molecule has 2 heteroatoms. The second-order valence-corrected chi connectivity index (χ2v) is 6.69. The fourth-order valence-electron chi connectivity index (χ4n) is 2.90. The molecule has 0 bridgehead atoms. The predicted octanol–water partition coefficient (Wildman–Crippen LogP) is 4.14. The van der Waals surface area contributed by atoms with E-state index < -0.39 is 0 Å². The quantitative estimate of drug-likeness (QED) is 0.688. The highest BCUT2D eigenvalue weighted by Gasteiger charge is 2.31. The van der Waals surface area contributed by atoms with Crippen molar-refractivity contribution >= 4 is 15.9 Å². The van der Waals surface area contributed by atoms with Crippen LogP contribution >= 0.6 is 15.9 Å². The Morgan fingerprint density at radius 2 is 1.80 bits per heavy atom. The van der Waals surface area contributed by atoms with Crippen molar-refractivity contribution < 1.29 is 4.74 Å². The molecule has 5 unspecified atom stereocenters. The third-order valence-corrected chi connectivity index (χ3v) is 5.34. The lowest BCUT2D eigenvalue weighted by atomic mass is 9.80. The van der Waals surface area contributed by atoms with Gasteiger partial charge in [-0.25, -0.2) is 0 Å². The van der Waals surface area contributed by atoms with Gasteiger partial charge >= 0.3 is 0 Å². The second-order valence-electron chi connectivity index (χ2n) is 5.51. The van der Waals surface area contributed by atoms with Crippen LogP contribution in [0.5, 0.6) is 0 Å². The molecule has 0 N–H and O–H groups in total. The summed E-state index contributed by atoms with van der Waals surface area (Å²) in [7, 11) is 0. The van der Waals surface area contributed by atoms with E-state index in [1.165, 1.54) is 38.5 Å². The summed E-state index contributed by atoms with van der Waals surface area (Å²) >= 11 is 3.73. The molecule has 0 spiro atoms. The lowest BCUT2D eigenvalue weighted by Gasteiger charge is -2.34. The third kappa shape index (κ3) is 2.97. The van der Waals surface area contributed by atoms with Gasteiger partial charge in [0.1, 0.15) is 0 Å². The molecule has 15 heavy (non-hydrogen) atoms. The van der Waals surface area contributed by atoms with Crippen LogP contribution in [-0.4, -0.2) is 17.0 Å². The number of ether oxygens (including phenoxy) is 1. The van der Waals surface area contributed by atoms with Crippen LogP contribution < -0.4 is 0 Å². The average molecular weight is 275 g/mol. The highest BCUT2D eigenvalue weighted by molar-refractivity contribution is 9.09. The largest absolute Gasteiger partial charge is 0.374 e. The molecule has 0 aliphatic heterocycles. The van der Waals surface area contributed by atoms with Gasteiger partial charge in [0.25, 0.3) is 0 Å². The molecule has 2 fully saturated rings. The molecule has 2 saturated carbocycles. The van der Waals surface area contributed by atoms with Gasteiger partial charge in [-0.05, 0) is 50.4 Å². The van der Waals surface area contributed by atoms with Gasteiger partial charge in [0.05, 0.1) is 12.2 Å². The van der Waals surface area contributed by atoms with E-state index in [1.54, 1.807) is 0 Å². The summed E-state index contributed by atoms with van der Waals surface area (Å²) in [6.45, 7) is 4.75. The molecule has 0 saturated heterocycles. The molecule has 2 aliphatic rings. The van der Waals surface area contributed by atoms with E-state index >= 15 is 0 Å². The van der Waals surface area contributed by atoms with Crippen LogP contribution in [0.25, 0.3) is 0 Å². The first-order valence-electron chi connectivity index (χ1n) is 6.46. The van der Waals surface area contributed by atoms with Crippen molar-refractivity contribution in [3.63, 3.8) is 0 Å². The Morgan fingerprint density at radius 3 is 2.40 bits per heavy atom. The predicted molar refractivity (Wildman–Crippen MR) is 67.4 cm³/mol. The van der Waals surface area contributed by atoms with Crippen molar-refractivity contribution in [1.82, 2.24) is 0 Å². The molecule has 5 atom stereocenters. The monoisotopic (exact) mass is 274 g/mol. The lowest BCUT2D eigenvalue weighted by Crippen LogP contribution is -2.31. The highest BCUT2D eigenvalue weighted by atomic mass is 79.9. The Bertz CT molecular complexity index is 207. The van der Waals surface area contributed by atoms with Gasteiger partial charge in [-0.3, -0.25) is 0 Å². The summed E-state index contributed by atoms with van der Waals surface area (Å²) in [5.41, 5.74) is 0. The normalized spacial score (nSPS) is 47.0. The van der Waals surface area contributed by atoms with Crippen LogP contribution in [0.2, 0.25) is 0 Å². The minimum Gasteiger partial charge on any atom is -0.374 e. The average Bonchev–Trinajstić information content (AvgIpc) is 2.59. The van der Waals surface area contributed by atoms with Crippen LogP contribution in [0.4, 0.5) is 0 Å². The molecule has 1 nitrogen and oxygen atoms in total. The number of hydrogen-bond acceptors (Lipinski definition) is 1. The summed E-state index contributed by atoms with van der Waals surface area (Å²) in [6.07, 6.45) is 8.83. The summed E-state index contributed by atoms with van der Waals surface area (Å²) in [5, 5.41) is 0. The summed E-state index contributed by atoms with van der Waals surface area (Å²) in [5.74, 6) is 1.74. The van der Waals surface area contributed by atoms with Crippen LogP contribution in [0.3, 0.4) is 0 Å². The first kappa shape index (κ1) is 11.9. The van der Waals surface area contributed by atoms with Crippen LogP contribution in [-0.2, 0) is 4.74 Å². The smallest absolute Gasteiger partial charge is 0.0703 e. The molecule has 2 rings (SSSR count). The Labute approximate surface area is 102 Å². The fourth-order valence-corrected chi connectivity index (χ4v) is 3.62. The lowest BCUT2D eigenvalue weighted by molar-refractivity contribution is -0.0410. The van der Waals surface area contributed by atoms with Crippen LogP contribution in [0.15, 0.2) is 0 Å². The Kier molecular flexibility index (Phi) is 4.11. The van der Waals surface area contributed by atoms with Crippen molar-refractivity contribution in [3.05, 3.63) is 0 Å². The number of hydrogen-bond donors (Lipinski definition) is 0. The van der Waals surface area contributed by atoms with Gasteiger partial charge in [0.2, 0.25) is 0 Å². The van der Waals surface area contributed by atoms with E-state index in [0.29, 0.717) is 17.0 Å². The van der Waals surface area contributed by atoms with Crippen molar-refractivity contribution in [2.45, 2.75) is 69.4 Å². The first-order chi connectivity index (χ1) is 7.16. The van der Waals surface area contributed by atoms with Crippen molar-refractivity contribution in [3.8, 4) is 0 Å². The highest BCUT2D eigenvalue weighted by Crippen LogP contribution is 2.35. The fraction of sp³-hybridized carbons (Fsp3) is 1.00. The minimum atomic E-state index is 0.496. The van der Waals surface area contributed by atoms with E-state index in [-0.39, 0.29) is 0 Å². The maximum absolute atomic E-state index is 6.24. The van der Waals surface area contributed by atoms with E-state index in [1.807, 2.05) is 0 Å². The van der Waals surface area contributed by atoms with E-state index in [2.05, 4.69) is 29.8 Å². The third-order valence-electron chi connectivity index (χ3n) is 4.29. The molecule has 88 valence electrons. The Balaban J connectivity index is 1.80. The van der Waals surface area contributed by atoms with Gasteiger partial charge in [0.15, 0.2) is 0 Å². The van der Waals surface area contributed by atoms with Gasteiger partial charge in [-0.15, -0.1) is 0 Å². The second kappa shape index (κ2) is 5.18. The molecule has 0 aromatic carbocycles. The van der Waals surface area contributed by atoms with E-state index in [4.69, 9.17) is 4.74 Å². The standard InChI is InChI=1S/C13H23BrO/c1-9-6-7-11(8-10(9)2)15-13-5-3-4-12(13)14/h9-13H,3-8H2,1-2H3. The van der Waals surface area contributed by atoms with Gasteiger partial charge in [-0.2, -0.15) is 0 Å². The Hall–Kier alpha value is 0.440. The summed E-state index contributed by atoms with van der Waals surface area (Å²) in [4.78, 5) is 0.618. The zero-order valence-electron chi connectivity index (χ0n) is 9.92. The maximum atomic E-state index is 6.24. The van der Waals surface area contributed by atoms with Gasteiger partial charge in [-0.1, -0.05) is 29.8 Å². The molecule has 0 aromatic heterocycles. The van der Waals surface area contributed by atoms with Gasteiger partial charge < -0.3 is 4.74 Å². The van der Waals surface area contributed by atoms with Crippen LogP contribution in [0.1, 0.15) is 52.4 Å². The maximum Gasteiger partial charge on any atom is 0.0703 e. The number of alkyl halides is 1. The molecule has 2 aliphatic carbocycles. The molecule has 0 heterocycles. The van der Waals surface area contributed by atoms with Crippen molar-refractivity contribution in [2.24, 2.45) is 11.8 Å². The first-order valence-corrected chi connectivity index (χ1v) is 7.38. The summed E-state index contributed by atoms with van der Waals surface area (Å²) in [6, 6.07) is 0. The molecular weight excluding hydrogens is 252 g/mol.